The van der Waals surface area contributed by atoms with E-state index in [0.717, 1.165) is 6.54 Å². The summed E-state index contributed by atoms with van der Waals surface area (Å²) < 4.78 is 0. The van der Waals surface area contributed by atoms with E-state index in [4.69, 9.17) is 0 Å². The van der Waals surface area contributed by atoms with Gasteiger partial charge in [0.25, 0.3) is 0 Å². The standard InChI is InChI=1S/C13H19N/c1-4-10-14-13(11(2)3)12-8-6-5-7-9-12/h4-9,11,13-14H,1,10H2,2-3H3/t13-/m0/s1. The normalized spacial score (nSPS) is 12.8. The highest BCUT2D eigenvalue weighted by Crippen LogP contribution is 2.20. The Morgan fingerprint density at radius 2 is 1.93 bits per heavy atom. The van der Waals surface area contributed by atoms with Crippen molar-refractivity contribution < 1.29 is 0 Å². The van der Waals surface area contributed by atoms with Crippen LogP contribution in [0, 0.1) is 5.92 Å². The first-order chi connectivity index (χ1) is 6.75. The summed E-state index contributed by atoms with van der Waals surface area (Å²) in [6, 6.07) is 11.0. The van der Waals surface area contributed by atoms with Gasteiger partial charge < -0.3 is 5.32 Å². The third kappa shape index (κ3) is 3.00. The van der Waals surface area contributed by atoms with Crippen LogP contribution in [-0.4, -0.2) is 6.54 Å². The molecule has 0 saturated carbocycles. The highest BCUT2D eigenvalue weighted by atomic mass is 14.9. The van der Waals surface area contributed by atoms with Crippen molar-refractivity contribution in [2.75, 3.05) is 6.54 Å². The van der Waals surface area contributed by atoms with Crippen LogP contribution in [0.1, 0.15) is 25.5 Å². The molecule has 1 aromatic rings. The maximum Gasteiger partial charge on any atom is 0.0346 e. The van der Waals surface area contributed by atoms with Crippen LogP contribution in [0.25, 0.3) is 0 Å². The van der Waals surface area contributed by atoms with Gasteiger partial charge in [0.1, 0.15) is 0 Å². The Kier molecular flexibility index (Phi) is 4.41. The zero-order valence-electron chi connectivity index (χ0n) is 9.03. The van der Waals surface area contributed by atoms with Gasteiger partial charge in [-0.15, -0.1) is 6.58 Å². The van der Waals surface area contributed by atoms with E-state index in [1.54, 1.807) is 0 Å². The second-order valence-corrected chi connectivity index (χ2v) is 3.83. The molecule has 0 amide bonds. The SMILES string of the molecule is C=CCN[C@H](c1ccccc1)C(C)C. The maximum absolute atomic E-state index is 3.72. The van der Waals surface area contributed by atoms with E-state index < -0.39 is 0 Å². The van der Waals surface area contributed by atoms with E-state index in [-0.39, 0.29) is 0 Å². The molecule has 0 aromatic heterocycles. The highest BCUT2D eigenvalue weighted by Gasteiger charge is 2.13. The van der Waals surface area contributed by atoms with Gasteiger partial charge in [-0.2, -0.15) is 0 Å². The summed E-state index contributed by atoms with van der Waals surface area (Å²) in [5.41, 5.74) is 1.35. The fourth-order valence-electron chi connectivity index (χ4n) is 1.61. The monoisotopic (exact) mass is 189 g/mol. The Balaban J connectivity index is 2.72. The summed E-state index contributed by atoms with van der Waals surface area (Å²) in [5, 5.41) is 3.47. The first-order valence-corrected chi connectivity index (χ1v) is 5.15. The lowest BCUT2D eigenvalue weighted by atomic mass is 9.96. The Bertz CT molecular complexity index is 264. The van der Waals surface area contributed by atoms with Crippen LogP contribution in [0.4, 0.5) is 0 Å². The molecular formula is C13H19N. The van der Waals surface area contributed by atoms with Crippen molar-refractivity contribution in [3.05, 3.63) is 48.6 Å². The first kappa shape index (κ1) is 11.0. The van der Waals surface area contributed by atoms with Gasteiger partial charge in [0.15, 0.2) is 0 Å². The summed E-state index contributed by atoms with van der Waals surface area (Å²) >= 11 is 0. The van der Waals surface area contributed by atoms with Crippen molar-refractivity contribution in [2.24, 2.45) is 5.92 Å². The quantitative estimate of drug-likeness (QED) is 0.702. The van der Waals surface area contributed by atoms with Gasteiger partial charge in [-0.05, 0) is 11.5 Å². The molecule has 0 aliphatic rings. The van der Waals surface area contributed by atoms with E-state index in [1.165, 1.54) is 5.56 Å². The Hall–Kier alpha value is -1.08. The zero-order chi connectivity index (χ0) is 10.4. The molecule has 0 radical (unpaired) electrons. The molecule has 1 N–H and O–H groups in total. The van der Waals surface area contributed by atoms with Crippen molar-refractivity contribution in [2.45, 2.75) is 19.9 Å². The van der Waals surface area contributed by atoms with Crippen molar-refractivity contribution >= 4 is 0 Å². The minimum absolute atomic E-state index is 0.425. The fourth-order valence-corrected chi connectivity index (χ4v) is 1.61. The summed E-state index contributed by atoms with van der Waals surface area (Å²) in [6.45, 7) is 9.04. The second-order valence-electron chi connectivity index (χ2n) is 3.83. The minimum Gasteiger partial charge on any atom is -0.306 e. The van der Waals surface area contributed by atoms with E-state index >= 15 is 0 Å². The second kappa shape index (κ2) is 5.61. The molecule has 0 bridgehead atoms. The van der Waals surface area contributed by atoms with Crippen LogP contribution in [0.3, 0.4) is 0 Å². The van der Waals surface area contributed by atoms with Gasteiger partial charge >= 0.3 is 0 Å². The summed E-state index contributed by atoms with van der Waals surface area (Å²) in [7, 11) is 0. The molecule has 0 aliphatic carbocycles. The van der Waals surface area contributed by atoms with E-state index in [2.05, 4.69) is 50.0 Å². The Morgan fingerprint density at radius 1 is 1.29 bits per heavy atom. The third-order valence-corrected chi connectivity index (χ3v) is 2.31. The lowest BCUT2D eigenvalue weighted by Gasteiger charge is -2.22. The fraction of sp³-hybridized carbons (Fsp3) is 0.385. The molecular weight excluding hydrogens is 170 g/mol. The van der Waals surface area contributed by atoms with E-state index in [9.17, 15) is 0 Å². The van der Waals surface area contributed by atoms with Gasteiger partial charge in [-0.1, -0.05) is 50.3 Å². The number of benzene rings is 1. The van der Waals surface area contributed by atoms with Crippen LogP contribution in [0.5, 0.6) is 0 Å². The molecule has 76 valence electrons. The molecule has 0 aliphatic heterocycles. The average Bonchev–Trinajstić information content (AvgIpc) is 2.19. The predicted molar refractivity (Wildman–Crippen MR) is 62.2 cm³/mol. The molecule has 1 aromatic carbocycles. The van der Waals surface area contributed by atoms with Gasteiger partial charge in [-0.3, -0.25) is 0 Å². The maximum atomic E-state index is 3.72. The van der Waals surface area contributed by atoms with Crippen molar-refractivity contribution in [3.63, 3.8) is 0 Å². The molecule has 0 heterocycles. The summed E-state index contributed by atoms with van der Waals surface area (Å²) in [6.07, 6.45) is 1.90. The Morgan fingerprint density at radius 3 is 2.43 bits per heavy atom. The van der Waals surface area contributed by atoms with E-state index in [0.29, 0.717) is 12.0 Å². The number of rotatable bonds is 5. The van der Waals surface area contributed by atoms with Crippen LogP contribution in [0.2, 0.25) is 0 Å². The molecule has 1 rings (SSSR count). The number of hydrogen-bond acceptors (Lipinski definition) is 1. The summed E-state index contributed by atoms with van der Waals surface area (Å²) in [4.78, 5) is 0. The smallest absolute Gasteiger partial charge is 0.0346 e. The summed E-state index contributed by atoms with van der Waals surface area (Å²) in [5.74, 6) is 0.595. The topological polar surface area (TPSA) is 12.0 Å². The first-order valence-electron chi connectivity index (χ1n) is 5.15. The number of hydrogen-bond donors (Lipinski definition) is 1. The zero-order valence-corrected chi connectivity index (χ0v) is 9.03. The largest absolute Gasteiger partial charge is 0.306 e. The van der Waals surface area contributed by atoms with Crippen molar-refractivity contribution in [3.8, 4) is 0 Å². The molecule has 1 nitrogen and oxygen atoms in total. The predicted octanol–water partition coefficient (Wildman–Crippen LogP) is 3.16. The molecule has 0 unspecified atom stereocenters. The molecule has 0 saturated heterocycles. The Labute approximate surface area is 86.8 Å². The van der Waals surface area contributed by atoms with Crippen LogP contribution < -0.4 is 5.32 Å². The molecule has 14 heavy (non-hydrogen) atoms. The van der Waals surface area contributed by atoms with Crippen molar-refractivity contribution in [1.29, 1.82) is 0 Å². The van der Waals surface area contributed by atoms with Gasteiger partial charge in [0.2, 0.25) is 0 Å². The van der Waals surface area contributed by atoms with Gasteiger partial charge in [0.05, 0.1) is 0 Å². The average molecular weight is 189 g/mol. The van der Waals surface area contributed by atoms with E-state index in [1.807, 2.05) is 12.1 Å². The lowest BCUT2D eigenvalue weighted by Crippen LogP contribution is -2.25. The lowest BCUT2D eigenvalue weighted by molar-refractivity contribution is 0.429. The molecule has 0 spiro atoms. The third-order valence-electron chi connectivity index (χ3n) is 2.31. The van der Waals surface area contributed by atoms with Crippen molar-refractivity contribution in [1.82, 2.24) is 5.32 Å². The van der Waals surface area contributed by atoms with Crippen LogP contribution in [0.15, 0.2) is 43.0 Å². The molecule has 1 heteroatoms. The van der Waals surface area contributed by atoms with Crippen LogP contribution in [-0.2, 0) is 0 Å². The minimum atomic E-state index is 0.425. The molecule has 1 atom stereocenters. The van der Waals surface area contributed by atoms with Gasteiger partial charge in [0, 0.05) is 12.6 Å². The molecule has 0 fully saturated rings. The van der Waals surface area contributed by atoms with Crippen LogP contribution >= 0.6 is 0 Å². The highest BCUT2D eigenvalue weighted by molar-refractivity contribution is 5.19. The number of nitrogens with one attached hydrogen (secondary N) is 1. The van der Waals surface area contributed by atoms with Gasteiger partial charge in [-0.25, -0.2) is 0 Å².